The third kappa shape index (κ3) is 3.08. The molecule has 0 saturated carbocycles. The van der Waals surface area contributed by atoms with Crippen LogP contribution in [0.15, 0.2) is 18.2 Å². The van der Waals surface area contributed by atoms with Gasteiger partial charge in [-0.3, -0.25) is 4.79 Å². The summed E-state index contributed by atoms with van der Waals surface area (Å²) >= 11 is 0. The maximum Gasteiger partial charge on any atom is 0.335 e. The molecule has 112 valence electrons. The number of carbonyl (C=O) groups excluding carboxylic acids is 1. The van der Waals surface area contributed by atoms with Gasteiger partial charge in [-0.15, -0.1) is 0 Å². The number of rotatable bonds is 3. The zero-order chi connectivity index (χ0) is 14.8. The van der Waals surface area contributed by atoms with Gasteiger partial charge in [-0.1, -0.05) is 6.07 Å². The molecule has 1 aromatic carbocycles. The van der Waals surface area contributed by atoms with Gasteiger partial charge in [0.1, 0.15) is 0 Å². The molecule has 0 aromatic heterocycles. The van der Waals surface area contributed by atoms with Crippen LogP contribution in [0, 0.1) is 5.92 Å². The third-order valence-electron chi connectivity index (χ3n) is 4.44. The van der Waals surface area contributed by atoms with Crippen LogP contribution in [0.4, 0.5) is 0 Å². The van der Waals surface area contributed by atoms with Gasteiger partial charge in [0, 0.05) is 19.5 Å². The first kappa shape index (κ1) is 14.1. The second-order valence-corrected chi connectivity index (χ2v) is 5.92. The van der Waals surface area contributed by atoms with Crippen LogP contribution in [-0.4, -0.2) is 41.5 Å². The Kier molecular flexibility index (Phi) is 3.92. The summed E-state index contributed by atoms with van der Waals surface area (Å²) in [5, 5.41) is 12.3. The SMILES string of the molecule is O=C(O)c1ccc2c(c1)CN(C(=O)CC1CCNC1)CC2. The number of benzene rings is 1. The Labute approximate surface area is 123 Å². The first-order valence-corrected chi connectivity index (χ1v) is 7.47. The summed E-state index contributed by atoms with van der Waals surface area (Å²) in [6.45, 7) is 3.20. The standard InChI is InChI=1S/C16H20N2O3/c19-15(7-11-3-5-17-9-11)18-6-4-12-1-2-13(16(20)21)8-14(12)10-18/h1-2,8,11,17H,3-7,9-10H2,(H,20,21). The number of nitrogens with one attached hydrogen (secondary N) is 1. The van der Waals surface area contributed by atoms with Crippen molar-refractivity contribution in [2.24, 2.45) is 5.92 Å². The van der Waals surface area contributed by atoms with E-state index in [-0.39, 0.29) is 5.91 Å². The summed E-state index contributed by atoms with van der Waals surface area (Å²) in [6.07, 6.45) is 2.48. The third-order valence-corrected chi connectivity index (χ3v) is 4.44. The topological polar surface area (TPSA) is 69.6 Å². The highest BCUT2D eigenvalue weighted by Gasteiger charge is 2.25. The summed E-state index contributed by atoms with van der Waals surface area (Å²) in [5.74, 6) is -0.280. The van der Waals surface area contributed by atoms with Crippen molar-refractivity contribution in [2.45, 2.75) is 25.8 Å². The highest BCUT2D eigenvalue weighted by Crippen LogP contribution is 2.22. The van der Waals surface area contributed by atoms with E-state index in [9.17, 15) is 9.59 Å². The molecule has 2 aliphatic heterocycles. The van der Waals surface area contributed by atoms with Crippen molar-refractivity contribution >= 4 is 11.9 Å². The molecule has 1 amide bonds. The molecule has 0 spiro atoms. The number of hydrogen-bond acceptors (Lipinski definition) is 3. The molecule has 5 nitrogen and oxygen atoms in total. The average molecular weight is 288 g/mol. The number of nitrogens with zero attached hydrogens (tertiary/aromatic N) is 1. The number of aromatic carboxylic acids is 1. The Morgan fingerprint density at radius 3 is 2.90 bits per heavy atom. The van der Waals surface area contributed by atoms with Gasteiger partial charge >= 0.3 is 5.97 Å². The van der Waals surface area contributed by atoms with Crippen molar-refractivity contribution in [3.8, 4) is 0 Å². The van der Waals surface area contributed by atoms with Crippen molar-refractivity contribution < 1.29 is 14.7 Å². The van der Waals surface area contributed by atoms with Crippen molar-refractivity contribution in [1.82, 2.24) is 10.2 Å². The molecule has 3 rings (SSSR count). The van der Waals surface area contributed by atoms with E-state index in [1.807, 2.05) is 11.0 Å². The minimum Gasteiger partial charge on any atom is -0.478 e. The highest BCUT2D eigenvalue weighted by atomic mass is 16.4. The van der Waals surface area contributed by atoms with E-state index < -0.39 is 5.97 Å². The van der Waals surface area contributed by atoms with E-state index >= 15 is 0 Å². The monoisotopic (exact) mass is 288 g/mol. The zero-order valence-corrected chi connectivity index (χ0v) is 12.0. The van der Waals surface area contributed by atoms with Crippen LogP contribution in [-0.2, 0) is 17.8 Å². The van der Waals surface area contributed by atoms with Gasteiger partial charge in [0.15, 0.2) is 0 Å². The lowest BCUT2D eigenvalue weighted by molar-refractivity contribution is -0.133. The lowest BCUT2D eigenvalue weighted by Crippen LogP contribution is -2.37. The van der Waals surface area contributed by atoms with Crippen molar-refractivity contribution in [3.05, 3.63) is 34.9 Å². The molecule has 1 fully saturated rings. The van der Waals surface area contributed by atoms with Crippen LogP contribution in [0.2, 0.25) is 0 Å². The van der Waals surface area contributed by atoms with Crippen LogP contribution in [0.3, 0.4) is 0 Å². The lowest BCUT2D eigenvalue weighted by Gasteiger charge is -2.30. The first-order chi connectivity index (χ1) is 10.1. The summed E-state index contributed by atoms with van der Waals surface area (Å²) in [6, 6.07) is 5.22. The minimum atomic E-state index is -0.918. The van der Waals surface area contributed by atoms with E-state index in [1.165, 1.54) is 0 Å². The van der Waals surface area contributed by atoms with Gasteiger partial charge in [-0.25, -0.2) is 4.79 Å². The Morgan fingerprint density at radius 2 is 2.19 bits per heavy atom. The van der Waals surface area contributed by atoms with Gasteiger partial charge < -0.3 is 15.3 Å². The average Bonchev–Trinajstić information content (AvgIpc) is 2.98. The second-order valence-electron chi connectivity index (χ2n) is 5.92. The lowest BCUT2D eigenvalue weighted by atomic mass is 9.96. The fraction of sp³-hybridized carbons (Fsp3) is 0.500. The van der Waals surface area contributed by atoms with E-state index in [4.69, 9.17) is 5.11 Å². The fourth-order valence-corrected chi connectivity index (χ4v) is 3.17. The van der Waals surface area contributed by atoms with E-state index in [0.29, 0.717) is 24.4 Å². The molecule has 1 unspecified atom stereocenters. The molecule has 2 N–H and O–H groups in total. The normalized spacial score (nSPS) is 21.1. The number of fused-ring (bicyclic) bond motifs is 1. The molecule has 2 heterocycles. The second kappa shape index (κ2) is 5.85. The van der Waals surface area contributed by atoms with Gasteiger partial charge in [-0.05, 0) is 55.1 Å². The zero-order valence-electron chi connectivity index (χ0n) is 12.0. The number of amides is 1. The highest BCUT2D eigenvalue weighted by molar-refractivity contribution is 5.88. The minimum absolute atomic E-state index is 0.190. The van der Waals surface area contributed by atoms with Gasteiger partial charge in [-0.2, -0.15) is 0 Å². The summed E-state index contributed by atoms with van der Waals surface area (Å²) in [4.78, 5) is 25.3. The maximum absolute atomic E-state index is 12.4. The van der Waals surface area contributed by atoms with E-state index in [0.717, 1.165) is 43.6 Å². The molecule has 0 radical (unpaired) electrons. The molecule has 1 atom stereocenters. The smallest absolute Gasteiger partial charge is 0.335 e. The van der Waals surface area contributed by atoms with Gasteiger partial charge in [0.05, 0.1) is 5.56 Å². The largest absolute Gasteiger partial charge is 0.478 e. The molecule has 0 bridgehead atoms. The van der Waals surface area contributed by atoms with E-state index in [2.05, 4.69) is 5.32 Å². The molecular formula is C16H20N2O3. The molecule has 5 heteroatoms. The molecule has 1 aromatic rings. The summed E-state index contributed by atoms with van der Waals surface area (Å²) < 4.78 is 0. The number of carboxylic acids is 1. The van der Waals surface area contributed by atoms with Crippen LogP contribution in [0.1, 0.15) is 34.3 Å². The van der Waals surface area contributed by atoms with E-state index in [1.54, 1.807) is 12.1 Å². The van der Waals surface area contributed by atoms with Crippen LogP contribution < -0.4 is 5.32 Å². The molecule has 2 aliphatic rings. The van der Waals surface area contributed by atoms with Crippen molar-refractivity contribution in [3.63, 3.8) is 0 Å². The summed E-state index contributed by atoms with van der Waals surface area (Å²) in [7, 11) is 0. The molecule has 21 heavy (non-hydrogen) atoms. The predicted octanol–water partition coefficient (Wildman–Crippen LogP) is 1.27. The number of carbonyl (C=O) groups is 2. The molecule has 1 saturated heterocycles. The molecular weight excluding hydrogens is 268 g/mol. The summed E-state index contributed by atoms with van der Waals surface area (Å²) in [5.41, 5.74) is 2.42. The number of hydrogen-bond donors (Lipinski definition) is 2. The predicted molar refractivity (Wildman–Crippen MR) is 78.1 cm³/mol. The molecule has 0 aliphatic carbocycles. The van der Waals surface area contributed by atoms with Crippen LogP contribution in [0.5, 0.6) is 0 Å². The van der Waals surface area contributed by atoms with Gasteiger partial charge in [0.25, 0.3) is 0 Å². The van der Waals surface area contributed by atoms with Crippen LogP contribution >= 0.6 is 0 Å². The Bertz CT molecular complexity index is 565. The Balaban J connectivity index is 1.69. The Morgan fingerprint density at radius 1 is 1.33 bits per heavy atom. The number of carboxylic acid groups (broad SMARTS) is 1. The Hall–Kier alpha value is -1.88. The van der Waals surface area contributed by atoms with Crippen LogP contribution in [0.25, 0.3) is 0 Å². The van der Waals surface area contributed by atoms with Gasteiger partial charge in [0.2, 0.25) is 5.91 Å². The van der Waals surface area contributed by atoms with Crippen molar-refractivity contribution in [1.29, 1.82) is 0 Å². The fourth-order valence-electron chi connectivity index (χ4n) is 3.17. The quantitative estimate of drug-likeness (QED) is 0.879. The first-order valence-electron chi connectivity index (χ1n) is 7.47. The van der Waals surface area contributed by atoms with Crippen molar-refractivity contribution in [2.75, 3.05) is 19.6 Å². The maximum atomic E-state index is 12.4.